The second-order valence-corrected chi connectivity index (χ2v) is 6.07. The summed E-state index contributed by atoms with van der Waals surface area (Å²) < 4.78 is 21.5. The molecule has 1 aliphatic heterocycles. The molecule has 0 aliphatic carbocycles. The number of hydrogen-bond donors (Lipinski definition) is 1. The van der Waals surface area contributed by atoms with Gasteiger partial charge >= 0.3 is 0 Å². The highest BCUT2D eigenvalue weighted by Gasteiger charge is 2.25. The highest BCUT2D eigenvalue weighted by molar-refractivity contribution is 5.80. The lowest BCUT2D eigenvalue weighted by molar-refractivity contribution is -0.00805. The van der Waals surface area contributed by atoms with Gasteiger partial charge in [0.1, 0.15) is 11.9 Å². The molecule has 1 atom stereocenters. The van der Waals surface area contributed by atoms with Gasteiger partial charge in [-0.2, -0.15) is 10.4 Å². The Morgan fingerprint density at radius 2 is 2.38 bits per heavy atom. The zero-order valence-corrected chi connectivity index (χ0v) is 14.8. The first-order valence-corrected chi connectivity index (χ1v) is 8.35. The molecule has 2 aromatic rings. The SMILES string of the molecule is CN=C(NCc1cc(C#N)ccc1F)N1CCOC(c2cnn(C)c2)C1. The second kappa shape index (κ2) is 7.97. The minimum Gasteiger partial charge on any atom is -0.370 e. The maximum Gasteiger partial charge on any atom is 0.194 e. The third-order valence-corrected chi connectivity index (χ3v) is 4.29. The Labute approximate surface area is 151 Å². The van der Waals surface area contributed by atoms with E-state index in [1.165, 1.54) is 12.1 Å². The summed E-state index contributed by atoms with van der Waals surface area (Å²) in [5, 5.41) is 16.3. The van der Waals surface area contributed by atoms with Crippen molar-refractivity contribution in [2.24, 2.45) is 12.0 Å². The number of rotatable bonds is 3. The summed E-state index contributed by atoms with van der Waals surface area (Å²) in [6, 6.07) is 6.35. The average Bonchev–Trinajstić information content (AvgIpc) is 3.10. The highest BCUT2D eigenvalue weighted by atomic mass is 19.1. The molecule has 1 unspecified atom stereocenters. The van der Waals surface area contributed by atoms with Crippen LogP contribution >= 0.6 is 0 Å². The van der Waals surface area contributed by atoms with Gasteiger partial charge in [-0.05, 0) is 18.2 Å². The molecule has 0 saturated carbocycles. The third kappa shape index (κ3) is 4.00. The van der Waals surface area contributed by atoms with E-state index in [1.54, 1.807) is 24.0 Å². The molecule has 0 bridgehead atoms. The molecule has 136 valence electrons. The van der Waals surface area contributed by atoms with Crippen LogP contribution in [0.4, 0.5) is 4.39 Å². The zero-order chi connectivity index (χ0) is 18.5. The number of aliphatic imine (C=N–C) groups is 1. The normalized spacial score (nSPS) is 17.8. The van der Waals surface area contributed by atoms with Gasteiger partial charge < -0.3 is 15.0 Å². The van der Waals surface area contributed by atoms with Crippen LogP contribution in [0.3, 0.4) is 0 Å². The predicted molar refractivity (Wildman–Crippen MR) is 94.8 cm³/mol. The van der Waals surface area contributed by atoms with E-state index in [0.29, 0.717) is 36.8 Å². The minimum absolute atomic E-state index is 0.0883. The molecule has 1 saturated heterocycles. The van der Waals surface area contributed by atoms with Crippen LogP contribution in [0.5, 0.6) is 0 Å². The van der Waals surface area contributed by atoms with Crippen LogP contribution in [0.2, 0.25) is 0 Å². The van der Waals surface area contributed by atoms with Crippen molar-refractivity contribution in [3.05, 3.63) is 53.1 Å². The van der Waals surface area contributed by atoms with Crippen LogP contribution in [0.15, 0.2) is 35.6 Å². The highest BCUT2D eigenvalue weighted by Crippen LogP contribution is 2.21. The summed E-state index contributed by atoms with van der Waals surface area (Å²) in [5.41, 5.74) is 1.88. The molecule has 7 nitrogen and oxygen atoms in total. The molecular formula is C18H21FN6O. The maximum atomic E-state index is 14.0. The molecule has 0 amide bonds. The number of aryl methyl sites for hydroxylation is 1. The summed E-state index contributed by atoms with van der Waals surface area (Å²) in [6.07, 6.45) is 3.65. The topological polar surface area (TPSA) is 78.5 Å². The Kier molecular flexibility index (Phi) is 5.49. The van der Waals surface area contributed by atoms with E-state index in [9.17, 15) is 4.39 Å². The number of halogens is 1. The number of ether oxygens (including phenoxy) is 1. The van der Waals surface area contributed by atoms with Crippen molar-refractivity contribution in [3.8, 4) is 6.07 Å². The number of guanidine groups is 1. The van der Waals surface area contributed by atoms with Crippen molar-refractivity contribution in [1.82, 2.24) is 20.0 Å². The molecule has 1 aliphatic rings. The van der Waals surface area contributed by atoms with Gasteiger partial charge in [-0.15, -0.1) is 0 Å². The lowest BCUT2D eigenvalue weighted by Crippen LogP contribution is -2.48. The van der Waals surface area contributed by atoms with Crippen molar-refractivity contribution in [2.75, 3.05) is 26.7 Å². The van der Waals surface area contributed by atoms with E-state index in [0.717, 1.165) is 5.56 Å². The molecule has 1 fully saturated rings. The smallest absolute Gasteiger partial charge is 0.194 e. The van der Waals surface area contributed by atoms with Crippen LogP contribution in [-0.4, -0.2) is 47.4 Å². The van der Waals surface area contributed by atoms with E-state index in [-0.39, 0.29) is 18.5 Å². The molecule has 1 aromatic carbocycles. The van der Waals surface area contributed by atoms with Crippen LogP contribution < -0.4 is 5.32 Å². The summed E-state index contributed by atoms with van der Waals surface area (Å²) in [4.78, 5) is 6.38. The van der Waals surface area contributed by atoms with Crippen LogP contribution in [-0.2, 0) is 18.3 Å². The first kappa shape index (κ1) is 17.9. The Morgan fingerprint density at radius 1 is 1.54 bits per heavy atom. The van der Waals surface area contributed by atoms with Crippen molar-refractivity contribution >= 4 is 5.96 Å². The molecule has 0 spiro atoms. The van der Waals surface area contributed by atoms with Gasteiger partial charge in [-0.1, -0.05) is 0 Å². The van der Waals surface area contributed by atoms with Gasteiger partial charge in [0, 0.05) is 44.5 Å². The lowest BCUT2D eigenvalue weighted by Gasteiger charge is -2.34. The van der Waals surface area contributed by atoms with E-state index >= 15 is 0 Å². The van der Waals surface area contributed by atoms with Gasteiger partial charge in [0.25, 0.3) is 0 Å². The summed E-state index contributed by atoms with van der Waals surface area (Å²) in [7, 11) is 3.56. The van der Waals surface area contributed by atoms with Crippen molar-refractivity contribution in [2.45, 2.75) is 12.6 Å². The van der Waals surface area contributed by atoms with E-state index < -0.39 is 0 Å². The fraction of sp³-hybridized carbons (Fsp3) is 0.389. The number of nitrogens with zero attached hydrogens (tertiary/aromatic N) is 5. The number of hydrogen-bond acceptors (Lipinski definition) is 4. The number of morpholine rings is 1. The summed E-state index contributed by atoms with van der Waals surface area (Å²) in [6.45, 7) is 2.14. The molecule has 2 heterocycles. The fourth-order valence-electron chi connectivity index (χ4n) is 2.94. The largest absolute Gasteiger partial charge is 0.370 e. The standard InChI is InChI=1S/C18H21FN6O/c1-21-18(22-9-14-7-13(8-20)3-4-16(14)19)25-5-6-26-17(12-25)15-10-23-24(2)11-15/h3-4,7,10-11,17H,5-6,9,12H2,1-2H3,(H,21,22). The molecule has 1 N–H and O–H groups in total. The molecular weight excluding hydrogens is 335 g/mol. The van der Waals surface area contributed by atoms with Gasteiger partial charge in [0.15, 0.2) is 5.96 Å². The van der Waals surface area contributed by atoms with E-state index in [2.05, 4.69) is 20.3 Å². The number of aromatic nitrogens is 2. The predicted octanol–water partition coefficient (Wildman–Crippen LogP) is 1.58. The molecule has 8 heteroatoms. The van der Waals surface area contributed by atoms with Gasteiger partial charge in [0.05, 0.1) is 31.0 Å². The second-order valence-electron chi connectivity index (χ2n) is 6.07. The number of benzene rings is 1. The summed E-state index contributed by atoms with van der Waals surface area (Å²) in [5.74, 6) is 0.325. The molecule has 3 rings (SSSR count). The Hall–Kier alpha value is -2.92. The van der Waals surface area contributed by atoms with Crippen molar-refractivity contribution < 1.29 is 9.13 Å². The quantitative estimate of drug-likeness (QED) is 0.667. The zero-order valence-electron chi connectivity index (χ0n) is 14.8. The van der Waals surface area contributed by atoms with Gasteiger partial charge in [-0.25, -0.2) is 4.39 Å². The minimum atomic E-state index is -0.345. The van der Waals surface area contributed by atoms with Crippen molar-refractivity contribution in [1.29, 1.82) is 5.26 Å². The molecule has 0 radical (unpaired) electrons. The first-order valence-electron chi connectivity index (χ1n) is 8.35. The van der Waals surface area contributed by atoms with E-state index in [1.807, 2.05) is 19.3 Å². The van der Waals surface area contributed by atoms with Crippen molar-refractivity contribution in [3.63, 3.8) is 0 Å². The van der Waals surface area contributed by atoms with Crippen LogP contribution in [0.25, 0.3) is 0 Å². The number of nitriles is 1. The first-order chi connectivity index (χ1) is 12.6. The lowest BCUT2D eigenvalue weighted by atomic mass is 10.1. The monoisotopic (exact) mass is 356 g/mol. The van der Waals surface area contributed by atoms with Crippen LogP contribution in [0.1, 0.15) is 22.8 Å². The van der Waals surface area contributed by atoms with Gasteiger partial charge in [-0.3, -0.25) is 9.67 Å². The Bertz CT molecular complexity index is 840. The maximum absolute atomic E-state index is 14.0. The van der Waals surface area contributed by atoms with E-state index in [4.69, 9.17) is 10.00 Å². The third-order valence-electron chi connectivity index (χ3n) is 4.29. The Morgan fingerprint density at radius 3 is 3.08 bits per heavy atom. The molecule has 1 aromatic heterocycles. The number of nitrogens with one attached hydrogen (secondary N) is 1. The van der Waals surface area contributed by atoms with Crippen LogP contribution in [0, 0.1) is 17.1 Å². The fourth-order valence-corrected chi connectivity index (χ4v) is 2.94. The van der Waals surface area contributed by atoms with Gasteiger partial charge in [0.2, 0.25) is 0 Å². The average molecular weight is 356 g/mol. The molecule has 26 heavy (non-hydrogen) atoms. The summed E-state index contributed by atoms with van der Waals surface area (Å²) >= 11 is 0. The Balaban J connectivity index is 1.66.